The number of hydrogen-bond acceptors (Lipinski definition) is 3. The lowest BCUT2D eigenvalue weighted by molar-refractivity contribution is -0.143. The summed E-state index contributed by atoms with van der Waals surface area (Å²) >= 11 is 0. The van der Waals surface area contributed by atoms with Gasteiger partial charge in [0.1, 0.15) is 13.2 Å². The highest BCUT2D eigenvalue weighted by atomic mass is 16.5. The molecule has 2 aromatic carbocycles. The molecule has 1 amide bonds. The standard InChI is InChI=1S/C20H20N2O3/c1-13-14(2)22-18-9-8-16(10-17(13)18)20(24)21-11-19(23)25-12-15-6-4-3-5-7-15/h3-10,22H,11-12H2,1-2H3,(H,21,24). The first kappa shape index (κ1) is 16.8. The number of aromatic amines is 1. The van der Waals surface area contributed by atoms with Crippen LogP contribution in [0.5, 0.6) is 0 Å². The van der Waals surface area contributed by atoms with Crippen LogP contribution in [-0.4, -0.2) is 23.4 Å². The van der Waals surface area contributed by atoms with Gasteiger partial charge in [0.15, 0.2) is 0 Å². The molecule has 0 aliphatic carbocycles. The molecule has 0 fully saturated rings. The van der Waals surface area contributed by atoms with E-state index in [1.165, 1.54) is 0 Å². The lowest BCUT2D eigenvalue weighted by atomic mass is 10.1. The van der Waals surface area contributed by atoms with Gasteiger partial charge in [0.25, 0.3) is 5.91 Å². The van der Waals surface area contributed by atoms with Crippen LogP contribution >= 0.6 is 0 Å². The Labute approximate surface area is 146 Å². The largest absolute Gasteiger partial charge is 0.460 e. The van der Waals surface area contributed by atoms with Gasteiger partial charge in [-0.05, 0) is 43.2 Å². The molecule has 0 spiro atoms. The van der Waals surface area contributed by atoms with Gasteiger partial charge in [-0.2, -0.15) is 0 Å². The molecule has 1 aromatic heterocycles. The van der Waals surface area contributed by atoms with E-state index >= 15 is 0 Å². The van der Waals surface area contributed by atoms with Crippen molar-refractivity contribution in [2.24, 2.45) is 0 Å². The van der Waals surface area contributed by atoms with Gasteiger partial charge < -0.3 is 15.0 Å². The van der Waals surface area contributed by atoms with Gasteiger partial charge in [0.2, 0.25) is 0 Å². The molecule has 0 saturated heterocycles. The van der Waals surface area contributed by atoms with Crippen molar-refractivity contribution in [2.45, 2.75) is 20.5 Å². The average molecular weight is 336 g/mol. The summed E-state index contributed by atoms with van der Waals surface area (Å²) in [6.07, 6.45) is 0. The second-order valence-electron chi connectivity index (χ2n) is 5.96. The molecule has 0 aliphatic rings. The topological polar surface area (TPSA) is 71.2 Å². The molecule has 3 aromatic rings. The van der Waals surface area contributed by atoms with Gasteiger partial charge in [-0.25, -0.2) is 0 Å². The Morgan fingerprint density at radius 3 is 2.60 bits per heavy atom. The number of aromatic nitrogens is 1. The van der Waals surface area contributed by atoms with E-state index in [1.807, 2.05) is 56.3 Å². The third-order valence-corrected chi connectivity index (χ3v) is 4.21. The summed E-state index contributed by atoms with van der Waals surface area (Å²) in [5.74, 6) is -0.760. The number of carbonyl (C=O) groups excluding carboxylic acids is 2. The summed E-state index contributed by atoms with van der Waals surface area (Å²) in [7, 11) is 0. The summed E-state index contributed by atoms with van der Waals surface area (Å²) in [6.45, 7) is 4.05. The van der Waals surface area contributed by atoms with Crippen LogP contribution in [0.15, 0.2) is 48.5 Å². The number of esters is 1. The minimum absolute atomic E-state index is 0.158. The van der Waals surface area contributed by atoms with Crippen LogP contribution in [0.4, 0.5) is 0 Å². The second-order valence-corrected chi connectivity index (χ2v) is 5.96. The van der Waals surface area contributed by atoms with Gasteiger partial charge in [-0.15, -0.1) is 0 Å². The number of benzene rings is 2. The normalized spacial score (nSPS) is 10.6. The van der Waals surface area contributed by atoms with Crippen LogP contribution in [0.3, 0.4) is 0 Å². The average Bonchev–Trinajstić information content (AvgIpc) is 2.92. The molecule has 1 heterocycles. The summed E-state index contributed by atoms with van der Waals surface area (Å²) in [6, 6.07) is 14.9. The zero-order valence-corrected chi connectivity index (χ0v) is 14.3. The molecule has 0 unspecified atom stereocenters. The van der Waals surface area contributed by atoms with E-state index in [2.05, 4.69) is 10.3 Å². The van der Waals surface area contributed by atoms with Crippen molar-refractivity contribution in [3.63, 3.8) is 0 Å². The number of aryl methyl sites for hydroxylation is 2. The van der Waals surface area contributed by atoms with E-state index in [1.54, 1.807) is 6.07 Å². The fraction of sp³-hybridized carbons (Fsp3) is 0.200. The van der Waals surface area contributed by atoms with Crippen LogP contribution in [0.1, 0.15) is 27.2 Å². The lowest BCUT2D eigenvalue weighted by Crippen LogP contribution is -2.30. The number of nitrogens with one attached hydrogen (secondary N) is 2. The third kappa shape index (κ3) is 3.88. The van der Waals surface area contributed by atoms with E-state index < -0.39 is 5.97 Å². The van der Waals surface area contributed by atoms with E-state index in [4.69, 9.17) is 4.74 Å². The van der Waals surface area contributed by atoms with Crippen molar-refractivity contribution in [2.75, 3.05) is 6.54 Å². The second kappa shape index (κ2) is 7.21. The molecule has 0 bridgehead atoms. The zero-order chi connectivity index (χ0) is 17.8. The van der Waals surface area contributed by atoms with Crippen molar-refractivity contribution in [1.82, 2.24) is 10.3 Å². The maximum absolute atomic E-state index is 12.3. The van der Waals surface area contributed by atoms with E-state index in [0.717, 1.165) is 27.7 Å². The summed E-state index contributed by atoms with van der Waals surface area (Å²) in [4.78, 5) is 27.3. The van der Waals surface area contributed by atoms with Crippen LogP contribution in [-0.2, 0) is 16.1 Å². The molecule has 3 rings (SSSR count). The Bertz CT molecular complexity index is 913. The van der Waals surface area contributed by atoms with Gasteiger partial charge in [0, 0.05) is 22.2 Å². The maximum Gasteiger partial charge on any atom is 0.325 e. The van der Waals surface area contributed by atoms with Crippen molar-refractivity contribution < 1.29 is 14.3 Å². The SMILES string of the molecule is Cc1[nH]c2ccc(C(=O)NCC(=O)OCc3ccccc3)cc2c1C. The highest BCUT2D eigenvalue weighted by molar-refractivity contribution is 6.00. The number of amides is 1. The number of H-pyrrole nitrogens is 1. The van der Waals surface area contributed by atoms with Crippen molar-refractivity contribution in [3.05, 3.63) is 70.9 Å². The molecule has 5 heteroatoms. The number of rotatable bonds is 5. The molecular formula is C20H20N2O3. The minimum Gasteiger partial charge on any atom is -0.460 e. The zero-order valence-electron chi connectivity index (χ0n) is 14.3. The lowest BCUT2D eigenvalue weighted by Gasteiger charge is -2.07. The van der Waals surface area contributed by atoms with Crippen LogP contribution in [0.25, 0.3) is 10.9 Å². The van der Waals surface area contributed by atoms with Crippen LogP contribution < -0.4 is 5.32 Å². The van der Waals surface area contributed by atoms with Crippen molar-refractivity contribution >= 4 is 22.8 Å². The molecule has 0 radical (unpaired) electrons. The molecule has 2 N–H and O–H groups in total. The summed E-state index contributed by atoms with van der Waals surface area (Å²) in [5.41, 5.74) is 4.62. The number of hydrogen-bond donors (Lipinski definition) is 2. The summed E-state index contributed by atoms with van der Waals surface area (Å²) < 4.78 is 5.15. The molecule has 25 heavy (non-hydrogen) atoms. The Hall–Kier alpha value is -3.08. The fourth-order valence-corrected chi connectivity index (χ4v) is 2.65. The van der Waals surface area contributed by atoms with Gasteiger partial charge in [0.05, 0.1) is 0 Å². The Kier molecular flexibility index (Phi) is 4.84. The predicted octanol–water partition coefficient (Wildman–Crippen LogP) is 3.26. The number of carbonyl (C=O) groups is 2. The molecule has 0 atom stereocenters. The predicted molar refractivity (Wildman–Crippen MR) is 96.3 cm³/mol. The van der Waals surface area contributed by atoms with E-state index in [0.29, 0.717) is 5.56 Å². The first-order chi connectivity index (χ1) is 12.0. The highest BCUT2D eigenvalue weighted by Crippen LogP contribution is 2.22. The minimum atomic E-state index is -0.466. The molecule has 0 saturated carbocycles. The monoisotopic (exact) mass is 336 g/mol. The molecular weight excluding hydrogens is 316 g/mol. The fourth-order valence-electron chi connectivity index (χ4n) is 2.65. The van der Waals surface area contributed by atoms with Crippen molar-refractivity contribution in [1.29, 1.82) is 0 Å². The van der Waals surface area contributed by atoms with Gasteiger partial charge in [-0.1, -0.05) is 30.3 Å². The summed E-state index contributed by atoms with van der Waals surface area (Å²) in [5, 5.41) is 3.61. The molecule has 128 valence electrons. The Balaban J connectivity index is 1.57. The maximum atomic E-state index is 12.3. The van der Waals surface area contributed by atoms with E-state index in [-0.39, 0.29) is 19.1 Å². The number of ether oxygens (including phenoxy) is 1. The number of fused-ring (bicyclic) bond motifs is 1. The molecule has 0 aliphatic heterocycles. The first-order valence-corrected chi connectivity index (χ1v) is 8.11. The van der Waals surface area contributed by atoms with Gasteiger partial charge in [-0.3, -0.25) is 9.59 Å². The van der Waals surface area contributed by atoms with Crippen LogP contribution in [0, 0.1) is 13.8 Å². The quantitative estimate of drug-likeness (QED) is 0.703. The third-order valence-electron chi connectivity index (χ3n) is 4.21. The Morgan fingerprint density at radius 1 is 1.08 bits per heavy atom. The first-order valence-electron chi connectivity index (χ1n) is 8.11. The van der Waals surface area contributed by atoms with E-state index in [9.17, 15) is 9.59 Å². The van der Waals surface area contributed by atoms with Gasteiger partial charge >= 0.3 is 5.97 Å². The van der Waals surface area contributed by atoms with Crippen molar-refractivity contribution in [3.8, 4) is 0 Å². The van der Waals surface area contributed by atoms with Crippen LogP contribution in [0.2, 0.25) is 0 Å². The highest BCUT2D eigenvalue weighted by Gasteiger charge is 2.12. The molecule has 5 nitrogen and oxygen atoms in total. The smallest absolute Gasteiger partial charge is 0.325 e. The Morgan fingerprint density at radius 2 is 1.84 bits per heavy atom.